The standard InChI is InChI=1S/C20H25FO2/c1-19(2,3)12-20(4,5)13-6-8-17(22)15(10-13)16-11-14(21)7-9-18(16)23/h6-11,22-23H,12H2,1-5H3. The molecule has 2 rings (SSSR count). The molecule has 0 heterocycles. The lowest BCUT2D eigenvalue weighted by Crippen LogP contribution is -2.24. The lowest BCUT2D eigenvalue weighted by molar-refractivity contribution is 0.284. The average Bonchev–Trinajstić information content (AvgIpc) is 2.39. The smallest absolute Gasteiger partial charge is 0.124 e. The third kappa shape index (κ3) is 4.04. The molecule has 23 heavy (non-hydrogen) atoms. The van der Waals surface area contributed by atoms with Crippen molar-refractivity contribution in [3.63, 3.8) is 0 Å². The summed E-state index contributed by atoms with van der Waals surface area (Å²) in [4.78, 5) is 0. The zero-order valence-electron chi connectivity index (χ0n) is 14.4. The van der Waals surface area contributed by atoms with E-state index >= 15 is 0 Å². The second kappa shape index (κ2) is 5.88. The first-order valence-electron chi connectivity index (χ1n) is 7.82. The van der Waals surface area contributed by atoms with Gasteiger partial charge in [-0.2, -0.15) is 0 Å². The molecular formula is C20H25FO2. The third-order valence-electron chi connectivity index (χ3n) is 4.00. The first-order valence-corrected chi connectivity index (χ1v) is 7.82. The van der Waals surface area contributed by atoms with Crippen molar-refractivity contribution in [3.8, 4) is 22.6 Å². The van der Waals surface area contributed by atoms with E-state index in [4.69, 9.17) is 0 Å². The highest BCUT2D eigenvalue weighted by Gasteiger charge is 2.28. The summed E-state index contributed by atoms with van der Waals surface area (Å²) in [6.45, 7) is 10.9. The predicted molar refractivity (Wildman–Crippen MR) is 92.3 cm³/mol. The molecule has 0 unspecified atom stereocenters. The van der Waals surface area contributed by atoms with E-state index in [-0.39, 0.29) is 22.3 Å². The van der Waals surface area contributed by atoms with Crippen molar-refractivity contribution in [1.29, 1.82) is 0 Å². The number of rotatable bonds is 3. The van der Waals surface area contributed by atoms with Crippen LogP contribution in [0.5, 0.6) is 11.5 Å². The van der Waals surface area contributed by atoms with Gasteiger partial charge in [-0.3, -0.25) is 0 Å². The largest absolute Gasteiger partial charge is 0.507 e. The molecule has 2 nitrogen and oxygen atoms in total. The molecule has 0 radical (unpaired) electrons. The molecule has 3 heteroatoms. The Morgan fingerprint density at radius 1 is 0.826 bits per heavy atom. The molecule has 0 atom stereocenters. The summed E-state index contributed by atoms with van der Waals surface area (Å²) in [5.41, 5.74) is 1.84. The molecule has 0 saturated carbocycles. The average molecular weight is 316 g/mol. The maximum absolute atomic E-state index is 13.5. The lowest BCUT2D eigenvalue weighted by Gasteiger charge is -2.33. The molecule has 0 amide bonds. The molecule has 2 aromatic carbocycles. The Morgan fingerprint density at radius 2 is 1.35 bits per heavy atom. The molecule has 0 fully saturated rings. The SMILES string of the molecule is CC(C)(C)CC(C)(C)c1ccc(O)c(-c2cc(F)ccc2O)c1. The summed E-state index contributed by atoms with van der Waals surface area (Å²) in [5, 5.41) is 20.2. The van der Waals surface area contributed by atoms with Crippen LogP contribution in [0.3, 0.4) is 0 Å². The van der Waals surface area contributed by atoms with E-state index in [0.717, 1.165) is 12.0 Å². The second-order valence-corrected chi connectivity index (χ2v) is 8.01. The van der Waals surface area contributed by atoms with Gasteiger partial charge in [0.1, 0.15) is 17.3 Å². The Hall–Kier alpha value is -2.03. The summed E-state index contributed by atoms with van der Waals surface area (Å²) in [5.74, 6) is -0.467. The van der Waals surface area contributed by atoms with Gasteiger partial charge in [0.25, 0.3) is 0 Å². The van der Waals surface area contributed by atoms with E-state index in [1.165, 1.54) is 18.2 Å². The quantitative estimate of drug-likeness (QED) is 0.771. The molecule has 124 valence electrons. The van der Waals surface area contributed by atoms with Crippen LogP contribution < -0.4 is 0 Å². The molecule has 0 aliphatic carbocycles. The van der Waals surface area contributed by atoms with Crippen LogP contribution in [-0.2, 0) is 5.41 Å². The van der Waals surface area contributed by atoms with Gasteiger partial charge >= 0.3 is 0 Å². The third-order valence-corrected chi connectivity index (χ3v) is 4.00. The summed E-state index contributed by atoms with van der Waals surface area (Å²) in [6.07, 6.45) is 0.958. The minimum atomic E-state index is -0.448. The van der Waals surface area contributed by atoms with E-state index < -0.39 is 5.82 Å². The highest BCUT2D eigenvalue weighted by molar-refractivity contribution is 5.76. The van der Waals surface area contributed by atoms with Gasteiger partial charge in [0, 0.05) is 11.1 Å². The number of halogens is 1. The summed E-state index contributed by atoms with van der Waals surface area (Å²) in [7, 11) is 0. The van der Waals surface area contributed by atoms with Crippen molar-refractivity contribution >= 4 is 0 Å². The molecule has 0 saturated heterocycles. The van der Waals surface area contributed by atoms with Gasteiger partial charge in [0.15, 0.2) is 0 Å². The number of hydrogen-bond acceptors (Lipinski definition) is 2. The Balaban J connectivity index is 2.54. The molecule has 2 N–H and O–H groups in total. The first-order chi connectivity index (χ1) is 10.5. The van der Waals surface area contributed by atoms with Crippen molar-refractivity contribution in [2.45, 2.75) is 46.5 Å². The summed E-state index contributed by atoms with van der Waals surface area (Å²) >= 11 is 0. The van der Waals surface area contributed by atoms with Gasteiger partial charge in [-0.1, -0.05) is 40.7 Å². The van der Waals surface area contributed by atoms with Crippen LogP contribution in [0.15, 0.2) is 36.4 Å². The minimum Gasteiger partial charge on any atom is -0.507 e. The lowest BCUT2D eigenvalue weighted by atomic mass is 9.72. The van der Waals surface area contributed by atoms with Crippen LogP contribution in [0, 0.1) is 11.2 Å². The van der Waals surface area contributed by atoms with Crippen molar-refractivity contribution in [2.75, 3.05) is 0 Å². The molecule has 0 aliphatic rings. The van der Waals surface area contributed by atoms with Crippen molar-refractivity contribution in [2.24, 2.45) is 5.41 Å². The Labute approximate surface area is 137 Å². The first kappa shape index (κ1) is 17.3. The van der Waals surface area contributed by atoms with Crippen molar-refractivity contribution in [1.82, 2.24) is 0 Å². The Bertz CT molecular complexity index is 712. The van der Waals surface area contributed by atoms with Gasteiger partial charge in [-0.05, 0) is 53.1 Å². The van der Waals surface area contributed by atoms with Gasteiger partial charge in [0.05, 0.1) is 0 Å². The van der Waals surface area contributed by atoms with Crippen LogP contribution in [0.2, 0.25) is 0 Å². The maximum Gasteiger partial charge on any atom is 0.124 e. The van der Waals surface area contributed by atoms with E-state index in [1.807, 2.05) is 12.1 Å². The summed E-state index contributed by atoms with van der Waals surface area (Å²) < 4.78 is 13.5. The van der Waals surface area contributed by atoms with Gasteiger partial charge < -0.3 is 10.2 Å². The van der Waals surface area contributed by atoms with Crippen molar-refractivity contribution < 1.29 is 14.6 Å². The molecule has 0 aliphatic heterocycles. The predicted octanol–water partition coefficient (Wildman–Crippen LogP) is 5.62. The molecule has 2 aromatic rings. The number of hydrogen-bond donors (Lipinski definition) is 2. The summed E-state index contributed by atoms with van der Waals surface area (Å²) in [6, 6.07) is 9.08. The highest BCUT2D eigenvalue weighted by Crippen LogP contribution is 2.41. The molecule has 0 aromatic heterocycles. The number of benzene rings is 2. The van der Waals surface area contributed by atoms with Crippen LogP contribution in [-0.4, -0.2) is 10.2 Å². The number of phenolic OH excluding ortho intramolecular Hbond substituents is 2. The van der Waals surface area contributed by atoms with Crippen LogP contribution in [0.1, 0.15) is 46.6 Å². The Kier molecular flexibility index (Phi) is 4.43. The zero-order valence-corrected chi connectivity index (χ0v) is 14.4. The van der Waals surface area contributed by atoms with Crippen molar-refractivity contribution in [3.05, 3.63) is 47.8 Å². The van der Waals surface area contributed by atoms with E-state index in [1.54, 1.807) is 6.07 Å². The normalized spacial score (nSPS) is 12.4. The van der Waals surface area contributed by atoms with Crippen LogP contribution in [0.4, 0.5) is 4.39 Å². The monoisotopic (exact) mass is 316 g/mol. The number of aromatic hydroxyl groups is 2. The zero-order chi connectivity index (χ0) is 17.4. The molecule has 0 bridgehead atoms. The molecular weight excluding hydrogens is 291 g/mol. The Morgan fingerprint density at radius 3 is 1.91 bits per heavy atom. The van der Waals surface area contributed by atoms with Gasteiger partial charge in [0.2, 0.25) is 0 Å². The topological polar surface area (TPSA) is 40.5 Å². The van der Waals surface area contributed by atoms with Gasteiger partial charge in [-0.15, -0.1) is 0 Å². The van der Waals surface area contributed by atoms with E-state index in [0.29, 0.717) is 11.1 Å². The fourth-order valence-electron chi connectivity index (χ4n) is 3.32. The number of phenols is 2. The highest BCUT2D eigenvalue weighted by atomic mass is 19.1. The molecule has 0 spiro atoms. The van der Waals surface area contributed by atoms with E-state index in [9.17, 15) is 14.6 Å². The van der Waals surface area contributed by atoms with Crippen LogP contribution >= 0.6 is 0 Å². The second-order valence-electron chi connectivity index (χ2n) is 8.01. The van der Waals surface area contributed by atoms with Crippen LogP contribution in [0.25, 0.3) is 11.1 Å². The minimum absolute atomic E-state index is 0.0289. The van der Waals surface area contributed by atoms with Gasteiger partial charge in [-0.25, -0.2) is 4.39 Å². The fourth-order valence-corrected chi connectivity index (χ4v) is 3.32. The maximum atomic E-state index is 13.5. The van der Waals surface area contributed by atoms with E-state index in [2.05, 4.69) is 34.6 Å². The fraction of sp³-hybridized carbons (Fsp3) is 0.400.